The fraction of sp³-hybridized carbons (Fsp3) is 0.286. The zero-order valence-electron chi connectivity index (χ0n) is 21.2. The van der Waals surface area contributed by atoms with Gasteiger partial charge >= 0.3 is 0 Å². The van der Waals surface area contributed by atoms with E-state index in [4.69, 9.17) is 0 Å². The molecule has 0 spiro atoms. The van der Waals surface area contributed by atoms with Gasteiger partial charge in [0.15, 0.2) is 15.5 Å². The molecule has 1 aliphatic carbocycles. The van der Waals surface area contributed by atoms with Gasteiger partial charge in [0.2, 0.25) is 0 Å². The molecule has 6 rings (SSSR count). The minimum absolute atomic E-state index is 0.0262. The number of nitrogens with one attached hydrogen (secondary N) is 1. The minimum Gasteiger partial charge on any atom is -0.358 e. The van der Waals surface area contributed by atoms with E-state index in [0.717, 1.165) is 42.6 Å². The van der Waals surface area contributed by atoms with Crippen LogP contribution in [0.5, 0.6) is 0 Å². The Morgan fingerprint density at radius 3 is 2.26 bits per heavy atom. The molecule has 2 aromatic heterocycles. The molecule has 2 aliphatic rings. The number of hydrogen-bond donors (Lipinski definition) is 1. The van der Waals surface area contributed by atoms with Crippen molar-refractivity contribution < 1.29 is 16.8 Å². The Morgan fingerprint density at radius 2 is 1.62 bits per heavy atom. The first kappa shape index (κ1) is 25.4. The molecule has 11 heteroatoms. The third kappa shape index (κ3) is 4.33. The van der Waals surface area contributed by atoms with Crippen molar-refractivity contribution in [1.29, 1.82) is 5.26 Å². The molecule has 1 fully saturated rings. The first-order valence-corrected chi connectivity index (χ1v) is 16.1. The summed E-state index contributed by atoms with van der Waals surface area (Å²) in [6.07, 6.45) is 7.26. The van der Waals surface area contributed by atoms with Gasteiger partial charge in [0.05, 0.1) is 33.4 Å². The standard InChI is InChI=1S/C28H27N5O4S2/c1-38(34,35)22-13-9-20(10-14-22)27-31-25-18-30-28-24(26(25)33(27)21-11-7-19(17-29)8-12-21)15-16-32(28)39(36,37)23-5-3-2-4-6-23/h2-6,9-10,13-16,18-19,21,27,31H,7-8,11-12H2,1H3/t19-,21-,27?. The molecule has 4 aromatic rings. The second-order valence-electron chi connectivity index (χ2n) is 10.1. The number of pyridine rings is 1. The molecule has 1 unspecified atom stereocenters. The second-order valence-corrected chi connectivity index (χ2v) is 13.9. The average Bonchev–Trinajstić information content (AvgIpc) is 3.55. The molecule has 39 heavy (non-hydrogen) atoms. The van der Waals surface area contributed by atoms with Crippen LogP contribution >= 0.6 is 0 Å². The van der Waals surface area contributed by atoms with Crippen LogP contribution in [0, 0.1) is 17.2 Å². The lowest BCUT2D eigenvalue weighted by Crippen LogP contribution is -2.40. The number of rotatable bonds is 5. The summed E-state index contributed by atoms with van der Waals surface area (Å²) in [4.78, 5) is 7.25. The van der Waals surface area contributed by atoms with Gasteiger partial charge in [0, 0.05) is 29.8 Å². The smallest absolute Gasteiger partial charge is 0.269 e. The van der Waals surface area contributed by atoms with E-state index in [-0.39, 0.29) is 27.9 Å². The lowest BCUT2D eigenvalue weighted by atomic mass is 9.85. The number of benzene rings is 2. The molecule has 2 aromatic carbocycles. The molecule has 200 valence electrons. The van der Waals surface area contributed by atoms with E-state index in [1.807, 2.05) is 12.1 Å². The molecule has 1 N–H and O–H groups in total. The number of anilines is 2. The van der Waals surface area contributed by atoms with Crippen LogP contribution in [0.25, 0.3) is 11.0 Å². The Kier molecular flexibility index (Phi) is 6.12. The molecular formula is C28H27N5O4S2. The molecule has 1 atom stereocenters. The quantitative estimate of drug-likeness (QED) is 0.372. The van der Waals surface area contributed by atoms with Gasteiger partial charge in [-0.15, -0.1) is 0 Å². The summed E-state index contributed by atoms with van der Waals surface area (Å²) in [6.45, 7) is 0. The number of aromatic nitrogens is 2. The zero-order valence-corrected chi connectivity index (χ0v) is 22.9. The Bertz CT molecular complexity index is 1800. The fourth-order valence-corrected chi connectivity index (χ4v) is 7.65. The summed E-state index contributed by atoms with van der Waals surface area (Å²) >= 11 is 0. The van der Waals surface area contributed by atoms with Gasteiger partial charge in [0.1, 0.15) is 6.17 Å². The Hall–Kier alpha value is -3.88. The van der Waals surface area contributed by atoms with Crippen molar-refractivity contribution >= 4 is 42.3 Å². The first-order chi connectivity index (χ1) is 18.7. The summed E-state index contributed by atoms with van der Waals surface area (Å²) in [6, 6.07) is 19.4. The van der Waals surface area contributed by atoms with Crippen LogP contribution in [0.15, 0.2) is 82.8 Å². The molecule has 1 saturated carbocycles. The van der Waals surface area contributed by atoms with Crippen LogP contribution in [0.4, 0.5) is 11.4 Å². The van der Waals surface area contributed by atoms with E-state index in [2.05, 4.69) is 21.3 Å². The maximum Gasteiger partial charge on any atom is 0.269 e. The van der Waals surface area contributed by atoms with Crippen molar-refractivity contribution in [2.24, 2.45) is 5.92 Å². The van der Waals surface area contributed by atoms with Crippen LogP contribution < -0.4 is 10.2 Å². The fourth-order valence-electron chi connectivity index (χ4n) is 5.70. The lowest BCUT2D eigenvalue weighted by Gasteiger charge is -2.38. The largest absolute Gasteiger partial charge is 0.358 e. The highest BCUT2D eigenvalue weighted by Crippen LogP contribution is 2.48. The Balaban J connectivity index is 1.47. The monoisotopic (exact) mass is 561 g/mol. The predicted molar refractivity (Wildman–Crippen MR) is 149 cm³/mol. The molecular weight excluding hydrogens is 534 g/mol. The van der Waals surface area contributed by atoms with Crippen molar-refractivity contribution in [3.05, 3.63) is 78.6 Å². The first-order valence-electron chi connectivity index (χ1n) is 12.7. The van der Waals surface area contributed by atoms with Crippen molar-refractivity contribution in [2.45, 2.75) is 47.7 Å². The van der Waals surface area contributed by atoms with Gasteiger partial charge in [0.25, 0.3) is 10.0 Å². The van der Waals surface area contributed by atoms with Gasteiger partial charge in [-0.25, -0.2) is 25.8 Å². The Morgan fingerprint density at radius 1 is 0.923 bits per heavy atom. The molecule has 0 saturated heterocycles. The highest BCUT2D eigenvalue weighted by atomic mass is 32.2. The average molecular weight is 562 g/mol. The van der Waals surface area contributed by atoms with Crippen LogP contribution in [-0.2, 0) is 19.9 Å². The molecule has 0 amide bonds. The van der Waals surface area contributed by atoms with Crippen LogP contribution in [0.1, 0.15) is 37.4 Å². The number of hydrogen-bond acceptors (Lipinski definition) is 8. The van der Waals surface area contributed by atoms with E-state index < -0.39 is 19.9 Å². The SMILES string of the molecule is CS(=O)(=O)c1ccc(C2Nc3cnc4c(ccn4S(=O)(=O)c4ccccc4)c3N2[C@H]2CC[C@H](C#N)CC2)cc1. The van der Waals surface area contributed by atoms with Crippen molar-refractivity contribution in [3.8, 4) is 6.07 Å². The molecule has 9 nitrogen and oxygen atoms in total. The Labute approximate surface area is 227 Å². The summed E-state index contributed by atoms with van der Waals surface area (Å²) in [5.41, 5.74) is 2.85. The van der Waals surface area contributed by atoms with Crippen molar-refractivity contribution in [2.75, 3.05) is 16.5 Å². The third-order valence-corrected chi connectivity index (χ3v) is 10.5. The molecule has 1 aliphatic heterocycles. The third-order valence-electron chi connectivity index (χ3n) is 7.68. The predicted octanol–water partition coefficient (Wildman–Crippen LogP) is 4.69. The summed E-state index contributed by atoms with van der Waals surface area (Å²) < 4.78 is 52.2. The maximum atomic E-state index is 13.5. The normalized spacial score (nSPS) is 21.3. The number of sulfone groups is 1. The summed E-state index contributed by atoms with van der Waals surface area (Å²) in [5.74, 6) is 0.0262. The topological polar surface area (TPSA) is 125 Å². The van der Waals surface area contributed by atoms with Crippen molar-refractivity contribution in [1.82, 2.24) is 8.96 Å². The molecule has 0 radical (unpaired) electrons. The lowest BCUT2D eigenvalue weighted by molar-refractivity contribution is 0.356. The number of nitriles is 1. The second kappa shape index (κ2) is 9.39. The number of fused-ring (bicyclic) bond motifs is 3. The zero-order chi connectivity index (χ0) is 27.4. The molecule has 3 heterocycles. The summed E-state index contributed by atoms with van der Waals surface area (Å²) in [7, 11) is -7.19. The maximum absolute atomic E-state index is 13.5. The van der Waals surface area contributed by atoms with Gasteiger partial charge < -0.3 is 10.2 Å². The molecule has 0 bridgehead atoms. The van der Waals surface area contributed by atoms with E-state index >= 15 is 0 Å². The van der Waals surface area contributed by atoms with E-state index in [1.165, 1.54) is 10.2 Å². The van der Waals surface area contributed by atoms with Gasteiger partial charge in [-0.2, -0.15) is 5.26 Å². The van der Waals surface area contributed by atoms with Crippen molar-refractivity contribution in [3.63, 3.8) is 0 Å². The van der Waals surface area contributed by atoms with Crippen LogP contribution in [0.2, 0.25) is 0 Å². The number of nitrogens with zero attached hydrogens (tertiary/aromatic N) is 4. The van der Waals surface area contributed by atoms with E-state index in [0.29, 0.717) is 11.0 Å². The highest BCUT2D eigenvalue weighted by Gasteiger charge is 2.39. The van der Waals surface area contributed by atoms with Gasteiger partial charge in [-0.3, -0.25) is 0 Å². The van der Waals surface area contributed by atoms with Crippen LogP contribution in [0.3, 0.4) is 0 Å². The van der Waals surface area contributed by atoms with E-state index in [9.17, 15) is 22.1 Å². The summed E-state index contributed by atoms with van der Waals surface area (Å²) in [5, 5.41) is 13.7. The highest BCUT2D eigenvalue weighted by molar-refractivity contribution is 7.90. The van der Waals surface area contributed by atoms with Gasteiger partial charge in [-0.05, 0) is 61.6 Å². The van der Waals surface area contributed by atoms with Crippen LogP contribution in [-0.4, -0.2) is 38.1 Å². The minimum atomic E-state index is -3.85. The van der Waals surface area contributed by atoms with Gasteiger partial charge in [-0.1, -0.05) is 30.3 Å². The van der Waals surface area contributed by atoms with E-state index in [1.54, 1.807) is 60.9 Å².